The Morgan fingerprint density at radius 1 is 1.29 bits per heavy atom. The molecule has 9 heteroatoms. The van der Waals surface area contributed by atoms with Gasteiger partial charge in [0.25, 0.3) is 0 Å². The fraction of sp³-hybridized carbons (Fsp3) is 0.600. The van der Waals surface area contributed by atoms with E-state index in [-0.39, 0.29) is 0 Å². The van der Waals surface area contributed by atoms with E-state index in [9.17, 15) is 24.3 Å². The molecule has 0 rings (SSSR count). The van der Waals surface area contributed by atoms with E-state index in [0.717, 1.165) is 0 Å². The molecule has 0 aliphatic heterocycles. The van der Waals surface area contributed by atoms with Crippen LogP contribution in [-0.2, 0) is 9.59 Å². The summed E-state index contributed by atoms with van der Waals surface area (Å²) in [5, 5.41) is 17.9. The third kappa shape index (κ3) is 6.70. The van der Waals surface area contributed by atoms with Gasteiger partial charge in [0, 0.05) is 6.42 Å². The van der Waals surface area contributed by atoms with Crippen molar-refractivity contribution in [3.63, 3.8) is 0 Å². The number of rotatable bonds is 6. The molecule has 0 aromatic heterocycles. The van der Waals surface area contributed by atoms with Gasteiger partial charge in [-0.3, -0.25) is 9.59 Å². The molecule has 0 heterocycles. The van der Waals surface area contributed by atoms with Gasteiger partial charge in [-0.25, -0.2) is 0 Å². The summed E-state index contributed by atoms with van der Waals surface area (Å²) in [7, 11) is -5.16. The second kappa shape index (κ2) is 5.18. The molecular weight excluding hydrogens is 217 g/mol. The Kier molecular flexibility index (Phi) is 4.89. The molecule has 0 bridgehead atoms. The summed E-state index contributed by atoms with van der Waals surface area (Å²) in [6.07, 6.45) is -1.01. The summed E-state index contributed by atoms with van der Waals surface area (Å²) in [6, 6.07) is -1.69. The van der Waals surface area contributed by atoms with Gasteiger partial charge in [0.1, 0.15) is 6.04 Å². The lowest BCUT2D eigenvalue weighted by Crippen LogP contribution is -2.50. The minimum atomic E-state index is -5.16. The maximum Gasteiger partial charge on any atom is 0.324 e. The van der Waals surface area contributed by atoms with Crippen LogP contribution in [0.5, 0.6) is 0 Å². The van der Waals surface area contributed by atoms with Crippen molar-refractivity contribution in [2.45, 2.75) is 18.9 Å². The summed E-state index contributed by atoms with van der Waals surface area (Å²) in [6.45, 7) is 0. The zero-order valence-corrected chi connectivity index (χ0v) is 7.77. The molecule has 1 atom stereocenters. The number of nitrogens with one attached hydrogen (secondary N) is 1. The highest BCUT2D eigenvalue weighted by Crippen LogP contribution is 2.22. The van der Waals surface area contributed by atoms with Gasteiger partial charge in [-0.15, -0.1) is 0 Å². The van der Waals surface area contributed by atoms with Crippen LogP contribution in [0.25, 0.3) is 0 Å². The molecule has 1 unspecified atom stereocenters. The maximum atomic E-state index is 10.3. The van der Waals surface area contributed by atoms with E-state index in [1.54, 1.807) is 0 Å². The van der Waals surface area contributed by atoms with E-state index < -0.39 is 38.9 Å². The Balaban J connectivity index is 4.17. The zero-order chi connectivity index (χ0) is 11.4. The van der Waals surface area contributed by atoms with Crippen molar-refractivity contribution in [1.82, 2.24) is 5.09 Å². The van der Waals surface area contributed by atoms with E-state index in [1.807, 2.05) is 0 Å². The van der Waals surface area contributed by atoms with Gasteiger partial charge in [0.2, 0.25) is 0 Å². The Morgan fingerprint density at radius 3 is 2.07 bits per heavy atom. The molecule has 0 amide bonds. The predicted molar refractivity (Wildman–Crippen MR) is 38.3 cm³/mol. The number of carboxylic acid groups (broad SMARTS) is 2. The second-order valence-electron chi connectivity index (χ2n) is 2.45. The molecule has 82 valence electrons. The molecule has 0 aliphatic carbocycles. The van der Waals surface area contributed by atoms with Crippen molar-refractivity contribution < 1.29 is 34.5 Å². The average Bonchev–Trinajstić information content (AvgIpc) is 1.94. The summed E-state index contributed by atoms with van der Waals surface area (Å²) >= 11 is 0. The fourth-order valence-electron chi connectivity index (χ4n) is 0.702. The monoisotopic (exact) mass is 225 g/mol. The predicted octanol–water partition coefficient (Wildman–Crippen LogP) is -3.35. The van der Waals surface area contributed by atoms with E-state index >= 15 is 0 Å². The molecule has 0 aromatic rings. The second-order valence-corrected chi connectivity index (χ2v) is 3.70. The van der Waals surface area contributed by atoms with Gasteiger partial charge in [-0.2, -0.15) is 5.09 Å². The molecule has 3 N–H and O–H groups in total. The first-order chi connectivity index (χ1) is 6.22. The first kappa shape index (κ1) is 13.2. The maximum absolute atomic E-state index is 10.3. The Morgan fingerprint density at radius 2 is 1.79 bits per heavy atom. The third-order valence-electron chi connectivity index (χ3n) is 1.26. The van der Waals surface area contributed by atoms with Crippen molar-refractivity contribution in [1.29, 1.82) is 0 Å². The van der Waals surface area contributed by atoms with Crippen molar-refractivity contribution in [2.75, 3.05) is 0 Å². The van der Waals surface area contributed by atoms with Gasteiger partial charge in [-0.1, -0.05) is 8.09 Å². The fourth-order valence-corrected chi connectivity index (χ4v) is 1.32. The van der Waals surface area contributed by atoms with Gasteiger partial charge in [0.05, 0.1) is 0 Å². The van der Waals surface area contributed by atoms with Gasteiger partial charge < -0.3 is 24.9 Å². The normalized spacial score (nSPS) is 13.6. The lowest BCUT2D eigenvalue weighted by Gasteiger charge is -2.42. The van der Waals surface area contributed by atoms with E-state index in [1.165, 1.54) is 5.09 Å². The van der Waals surface area contributed by atoms with Crippen LogP contribution in [0.15, 0.2) is 0 Å². The molecule has 0 aliphatic rings. The number of hydrogen-bond donors (Lipinski definition) is 3. The Hall–Kier alpha value is -0.790. The summed E-state index contributed by atoms with van der Waals surface area (Å²) in [5.74, 6) is -2.86. The van der Waals surface area contributed by atoms with Crippen molar-refractivity contribution in [3.05, 3.63) is 0 Å². The summed E-state index contributed by atoms with van der Waals surface area (Å²) < 4.78 is 0. The Bertz CT molecular complexity index is 225. The quantitative estimate of drug-likeness (QED) is 0.396. The minimum Gasteiger partial charge on any atom is -0.673 e. The van der Waals surface area contributed by atoms with Crippen LogP contribution in [0.3, 0.4) is 0 Å². The van der Waals surface area contributed by atoms with Crippen LogP contribution in [0, 0.1) is 0 Å². The van der Waals surface area contributed by atoms with Crippen LogP contribution in [-0.4, -0.2) is 28.2 Å². The molecule has 8 nitrogen and oxygen atoms in total. The van der Waals surface area contributed by atoms with Crippen molar-refractivity contribution >= 4 is 20.0 Å². The highest BCUT2D eigenvalue weighted by Gasteiger charge is 2.21. The number of carbonyl (C=O) groups is 2. The average molecular weight is 225 g/mol. The zero-order valence-electron chi connectivity index (χ0n) is 6.87. The molecule has 0 aromatic carbocycles. The highest BCUT2D eigenvalue weighted by molar-refractivity contribution is 7.52. The van der Waals surface area contributed by atoms with Gasteiger partial charge in [-0.05, 0) is 6.42 Å². The van der Waals surface area contributed by atoms with E-state index in [4.69, 9.17) is 10.2 Å². The number of hydrogen-bond acceptors (Lipinski definition) is 6. The molecule has 0 saturated heterocycles. The summed E-state index contributed by atoms with van der Waals surface area (Å²) in [4.78, 5) is 50.8. The van der Waals surface area contributed by atoms with Crippen LogP contribution >= 0.6 is 8.09 Å². The first-order valence-corrected chi connectivity index (χ1v) is 5.01. The summed E-state index contributed by atoms with van der Waals surface area (Å²) in [5.41, 5.74) is 0. The van der Waals surface area contributed by atoms with E-state index in [2.05, 4.69) is 0 Å². The smallest absolute Gasteiger partial charge is 0.324 e. The Labute approximate surface area is 79.4 Å². The molecular formula is C5H8NO7P-2. The van der Waals surface area contributed by atoms with Crippen LogP contribution in [0.4, 0.5) is 0 Å². The molecule has 0 radical (unpaired) electrons. The first-order valence-electron chi connectivity index (χ1n) is 3.47. The molecule has 0 spiro atoms. The van der Waals surface area contributed by atoms with Gasteiger partial charge in [0.15, 0.2) is 0 Å². The molecule has 0 saturated carbocycles. The topological polar surface area (TPSA) is 156 Å². The highest BCUT2D eigenvalue weighted by atomic mass is 31.2. The SMILES string of the molecule is O=C(O)CCC(N[P+]([O-])([O-])[O-])C(=O)O. The standard InChI is InChI=1S/C5H10NO7P/c7-4(8)2-1-3(5(9)10)6-14(11,12)13/h3H,1-2H2,(H,7,8)(H,9,10)(H3,6,11,12,13)/p-2. The third-order valence-corrected chi connectivity index (χ3v) is 1.89. The van der Waals surface area contributed by atoms with Crippen molar-refractivity contribution in [3.8, 4) is 0 Å². The van der Waals surface area contributed by atoms with Crippen LogP contribution in [0.1, 0.15) is 12.8 Å². The van der Waals surface area contributed by atoms with Crippen molar-refractivity contribution in [2.24, 2.45) is 0 Å². The molecule has 14 heavy (non-hydrogen) atoms. The van der Waals surface area contributed by atoms with E-state index in [0.29, 0.717) is 0 Å². The largest absolute Gasteiger partial charge is 0.673 e. The lowest BCUT2D eigenvalue weighted by molar-refractivity contribution is -0.433. The number of aliphatic carboxylic acids is 2. The molecule has 0 fully saturated rings. The van der Waals surface area contributed by atoms with Crippen LogP contribution < -0.4 is 19.8 Å². The number of carboxylic acids is 2. The van der Waals surface area contributed by atoms with Crippen LogP contribution in [0.2, 0.25) is 0 Å². The minimum absolute atomic E-state index is 0.473. The van der Waals surface area contributed by atoms with Gasteiger partial charge >= 0.3 is 11.9 Å². The lowest BCUT2D eigenvalue weighted by atomic mass is 10.2.